The Morgan fingerprint density at radius 3 is 2.48 bits per heavy atom. The Labute approximate surface area is 151 Å². The first-order chi connectivity index (χ1) is 13.0. The largest absolute Gasteiger partial charge is 0.545 e. The van der Waals surface area contributed by atoms with Gasteiger partial charge in [-0.2, -0.15) is 0 Å². The molecule has 4 rings (SSSR count). The van der Waals surface area contributed by atoms with E-state index in [1.165, 1.54) is 37.6 Å². The molecule has 0 fully saturated rings. The van der Waals surface area contributed by atoms with Gasteiger partial charge in [0.05, 0.1) is 29.1 Å². The highest BCUT2D eigenvalue weighted by Gasteiger charge is 2.20. The molecule has 8 heteroatoms. The molecular weight excluding hydrogens is 352 g/mol. The molecule has 8 nitrogen and oxygen atoms in total. The number of hydrogen-bond donors (Lipinski definition) is 0. The van der Waals surface area contributed by atoms with Gasteiger partial charge in [-0.05, 0) is 30.3 Å². The van der Waals surface area contributed by atoms with Gasteiger partial charge in [-0.25, -0.2) is 0 Å². The third kappa shape index (κ3) is 2.54. The van der Waals surface area contributed by atoms with E-state index in [-0.39, 0.29) is 16.8 Å². The van der Waals surface area contributed by atoms with Crippen molar-refractivity contribution < 1.29 is 24.0 Å². The molecule has 0 atom stereocenters. The van der Waals surface area contributed by atoms with Crippen molar-refractivity contribution in [3.8, 4) is 17.0 Å². The molecule has 0 spiro atoms. The first-order valence-corrected chi connectivity index (χ1v) is 7.85. The Kier molecular flexibility index (Phi) is 3.73. The number of nitro groups is 1. The van der Waals surface area contributed by atoms with Crippen molar-refractivity contribution >= 4 is 33.6 Å². The van der Waals surface area contributed by atoms with Crippen molar-refractivity contribution in [2.75, 3.05) is 7.11 Å². The van der Waals surface area contributed by atoms with Crippen molar-refractivity contribution in [3.05, 3.63) is 64.3 Å². The topological polar surface area (TPSA) is 119 Å². The summed E-state index contributed by atoms with van der Waals surface area (Å²) in [4.78, 5) is 26.4. The van der Waals surface area contributed by atoms with E-state index < -0.39 is 10.9 Å². The second kappa shape index (κ2) is 6.10. The van der Waals surface area contributed by atoms with Crippen LogP contribution in [0.15, 0.2) is 53.1 Å². The highest BCUT2D eigenvalue weighted by atomic mass is 16.6. The average Bonchev–Trinajstić information content (AvgIpc) is 3.06. The average molecular weight is 363 g/mol. The van der Waals surface area contributed by atoms with Crippen LogP contribution in [0, 0.1) is 10.1 Å². The zero-order valence-corrected chi connectivity index (χ0v) is 14.0. The molecule has 0 amide bonds. The van der Waals surface area contributed by atoms with Gasteiger partial charge in [-0.15, -0.1) is 0 Å². The number of aromatic nitrogens is 1. The fraction of sp³-hybridized carbons (Fsp3) is 0.0526. The minimum Gasteiger partial charge on any atom is -0.545 e. The predicted octanol–water partition coefficient (Wildman–Crippen LogP) is 2.93. The summed E-state index contributed by atoms with van der Waals surface area (Å²) in [6.07, 6.45) is 1.52. The van der Waals surface area contributed by atoms with Gasteiger partial charge in [-0.1, -0.05) is 0 Å². The number of carbonyl (C=O) groups excluding carboxylic acids is 1. The number of aromatic carboxylic acids is 1. The molecule has 2 heterocycles. The van der Waals surface area contributed by atoms with Crippen LogP contribution in [-0.2, 0) is 0 Å². The molecule has 0 N–H and O–H groups in total. The van der Waals surface area contributed by atoms with Gasteiger partial charge in [0.1, 0.15) is 5.58 Å². The Balaban J connectivity index is 2.09. The van der Waals surface area contributed by atoms with Crippen LogP contribution in [0.1, 0.15) is 10.4 Å². The molecule has 0 saturated heterocycles. The normalized spacial score (nSPS) is 11.0. The van der Waals surface area contributed by atoms with E-state index in [2.05, 4.69) is 4.98 Å². The lowest BCUT2D eigenvalue weighted by molar-refractivity contribution is -0.384. The van der Waals surface area contributed by atoms with Crippen LogP contribution in [0.5, 0.6) is 5.75 Å². The molecule has 0 saturated carbocycles. The number of pyridine rings is 1. The Morgan fingerprint density at radius 1 is 1.11 bits per heavy atom. The zero-order chi connectivity index (χ0) is 19.1. The summed E-state index contributed by atoms with van der Waals surface area (Å²) >= 11 is 0. The Bertz CT molecular complexity index is 1210. The smallest absolute Gasteiger partial charge is 0.269 e. The van der Waals surface area contributed by atoms with E-state index in [9.17, 15) is 20.0 Å². The molecule has 0 aliphatic rings. The third-order valence-corrected chi connectivity index (χ3v) is 4.29. The number of nitro benzene ring substituents is 1. The maximum absolute atomic E-state index is 11.6. The van der Waals surface area contributed by atoms with Gasteiger partial charge in [0, 0.05) is 34.8 Å². The van der Waals surface area contributed by atoms with Crippen molar-refractivity contribution in [1.82, 2.24) is 4.98 Å². The summed E-state index contributed by atoms with van der Waals surface area (Å²) in [7, 11) is 1.45. The maximum Gasteiger partial charge on any atom is 0.269 e. The van der Waals surface area contributed by atoms with Crippen LogP contribution in [-0.4, -0.2) is 23.0 Å². The van der Waals surface area contributed by atoms with Crippen molar-refractivity contribution in [2.24, 2.45) is 0 Å². The van der Waals surface area contributed by atoms with Gasteiger partial charge in [0.2, 0.25) is 0 Å². The number of furan rings is 1. The van der Waals surface area contributed by atoms with Gasteiger partial charge in [0.25, 0.3) is 5.69 Å². The second-order valence-corrected chi connectivity index (χ2v) is 5.75. The lowest BCUT2D eigenvalue weighted by Crippen LogP contribution is -2.22. The molecule has 134 valence electrons. The van der Waals surface area contributed by atoms with Crippen LogP contribution in [0.2, 0.25) is 0 Å². The molecule has 4 aromatic rings. The summed E-state index contributed by atoms with van der Waals surface area (Å²) in [5.41, 5.74) is 1.60. The van der Waals surface area contributed by atoms with E-state index in [0.717, 1.165) is 0 Å². The number of benzene rings is 2. The third-order valence-electron chi connectivity index (χ3n) is 4.29. The van der Waals surface area contributed by atoms with Crippen LogP contribution >= 0.6 is 0 Å². The van der Waals surface area contributed by atoms with Gasteiger partial charge in [-0.3, -0.25) is 15.1 Å². The number of methoxy groups -OCH3 is 1. The number of ether oxygens (including phenoxy) is 1. The molecule has 0 radical (unpaired) electrons. The number of nitrogens with zero attached hydrogens (tertiary/aromatic N) is 2. The standard InChI is InChI=1S/C19H12N2O6/c1-26-14-7-6-12(19(22)23)15-16-13(27-18(14)15)8-9-20-17(16)10-2-4-11(5-3-10)21(24)25/h2-9H,1H3,(H,22,23)/p-1. The van der Waals surface area contributed by atoms with Crippen LogP contribution in [0.3, 0.4) is 0 Å². The first kappa shape index (κ1) is 16.5. The van der Waals surface area contributed by atoms with Gasteiger partial charge >= 0.3 is 0 Å². The number of carboxylic acids is 1. The van der Waals surface area contributed by atoms with E-state index in [1.54, 1.807) is 18.2 Å². The molecule has 2 aromatic heterocycles. The van der Waals surface area contributed by atoms with E-state index in [4.69, 9.17) is 9.15 Å². The lowest BCUT2D eigenvalue weighted by Gasteiger charge is -2.08. The quantitative estimate of drug-likeness (QED) is 0.404. The highest BCUT2D eigenvalue weighted by molar-refractivity contribution is 6.19. The molecule has 0 aliphatic carbocycles. The van der Waals surface area contributed by atoms with Gasteiger partial charge in [0.15, 0.2) is 11.3 Å². The first-order valence-electron chi connectivity index (χ1n) is 7.85. The van der Waals surface area contributed by atoms with Crippen LogP contribution in [0.4, 0.5) is 5.69 Å². The summed E-state index contributed by atoms with van der Waals surface area (Å²) in [6, 6.07) is 10.3. The summed E-state index contributed by atoms with van der Waals surface area (Å²) in [6.45, 7) is 0. The predicted molar refractivity (Wildman–Crippen MR) is 94.5 cm³/mol. The number of fused-ring (bicyclic) bond motifs is 3. The monoisotopic (exact) mass is 363 g/mol. The molecule has 27 heavy (non-hydrogen) atoms. The van der Waals surface area contributed by atoms with Gasteiger partial charge < -0.3 is 19.1 Å². The number of carboxylic acid groups (broad SMARTS) is 1. The number of hydrogen-bond acceptors (Lipinski definition) is 7. The SMILES string of the molecule is COc1ccc(C(=O)[O-])c2c1oc1ccnc(-c3ccc([N+](=O)[O-])cc3)c12. The van der Waals surface area contributed by atoms with Crippen molar-refractivity contribution in [1.29, 1.82) is 0 Å². The zero-order valence-electron chi connectivity index (χ0n) is 14.0. The lowest BCUT2D eigenvalue weighted by atomic mass is 10.0. The number of rotatable bonds is 4. The summed E-state index contributed by atoms with van der Waals surface area (Å²) in [5, 5.41) is 23.3. The molecule has 0 aliphatic heterocycles. The van der Waals surface area contributed by atoms with Crippen molar-refractivity contribution in [2.45, 2.75) is 0 Å². The minimum atomic E-state index is -1.36. The van der Waals surface area contributed by atoms with E-state index in [1.807, 2.05) is 0 Å². The molecule has 0 unspecified atom stereocenters. The number of non-ortho nitro benzene ring substituents is 1. The highest BCUT2D eigenvalue weighted by Crippen LogP contribution is 2.40. The maximum atomic E-state index is 11.6. The minimum absolute atomic E-state index is 0.0549. The molecule has 2 aromatic carbocycles. The van der Waals surface area contributed by atoms with E-state index >= 15 is 0 Å². The number of carbonyl (C=O) groups is 1. The Hall–Kier alpha value is -3.94. The summed E-state index contributed by atoms with van der Waals surface area (Å²) < 4.78 is 11.1. The molecular formula is C19H11N2O6-. The molecule has 0 bridgehead atoms. The fourth-order valence-corrected chi connectivity index (χ4v) is 3.08. The van der Waals surface area contributed by atoms with Crippen LogP contribution in [0.25, 0.3) is 33.2 Å². The van der Waals surface area contributed by atoms with Crippen LogP contribution < -0.4 is 9.84 Å². The Morgan fingerprint density at radius 2 is 1.85 bits per heavy atom. The fourth-order valence-electron chi connectivity index (χ4n) is 3.08. The van der Waals surface area contributed by atoms with Crippen molar-refractivity contribution in [3.63, 3.8) is 0 Å². The summed E-state index contributed by atoms with van der Waals surface area (Å²) in [5.74, 6) is -0.982. The van der Waals surface area contributed by atoms with E-state index in [0.29, 0.717) is 33.4 Å². The second-order valence-electron chi connectivity index (χ2n) is 5.75.